The molecule has 2 N–H and O–H groups in total. The number of aliphatic hydroxyl groups is 1. The summed E-state index contributed by atoms with van der Waals surface area (Å²) < 4.78 is 0. The van der Waals surface area contributed by atoms with Crippen molar-refractivity contribution in [3.63, 3.8) is 0 Å². The van der Waals surface area contributed by atoms with Crippen molar-refractivity contribution < 1.29 is 14.7 Å². The van der Waals surface area contributed by atoms with Crippen molar-refractivity contribution in [2.24, 2.45) is 0 Å². The molecule has 1 aliphatic rings. The van der Waals surface area contributed by atoms with Crippen LogP contribution in [0.4, 0.5) is 5.69 Å². The number of fused-ring (bicyclic) bond motifs is 1. The van der Waals surface area contributed by atoms with Gasteiger partial charge in [-0.05, 0) is 74.4 Å². The van der Waals surface area contributed by atoms with Crippen LogP contribution < -0.4 is 4.90 Å². The maximum atomic E-state index is 13.5. The summed E-state index contributed by atoms with van der Waals surface area (Å²) in [7, 11) is 0. The number of hydrogen-bond donors (Lipinski definition) is 2. The van der Waals surface area contributed by atoms with Crippen molar-refractivity contribution in [1.29, 1.82) is 0 Å². The van der Waals surface area contributed by atoms with E-state index in [-0.39, 0.29) is 11.3 Å². The Balaban J connectivity index is 1.83. The van der Waals surface area contributed by atoms with Gasteiger partial charge in [-0.15, -0.1) is 0 Å². The Morgan fingerprint density at radius 1 is 0.941 bits per heavy atom. The van der Waals surface area contributed by atoms with Crippen LogP contribution in [0, 0.1) is 20.8 Å². The molecular formula is C28H23ClN2O3. The highest BCUT2D eigenvalue weighted by Gasteiger charge is 2.48. The number of aromatic amines is 1. The Bertz CT molecular complexity index is 1480. The molecule has 1 aliphatic heterocycles. The van der Waals surface area contributed by atoms with Crippen LogP contribution in [0.2, 0.25) is 5.02 Å². The largest absolute Gasteiger partial charge is 0.507 e. The van der Waals surface area contributed by atoms with Gasteiger partial charge in [0.2, 0.25) is 0 Å². The summed E-state index contributed by atoms with van der Waals surface area (Å²) in [5.74, 6) is -1.62. The normalized spacial score (nSPS) is 17.6. The van der Waals surface area contributed by atoms with E-state index >= 15 is 0 Å². The second-order valence-electron chi connectivity index (χ2n) is 8.73. The molecule has 0 radical (unpaired) electrons. The number of Topliss-reactive ketones (excluding diaryl/α,β-unsaturated/α-hetero) is 1. The van der Waals surface area contributed by atoms with E-state index in [1.165, 1.54) is 4.90 Å². The second-order valence-corrected chi connectivity index (χ2v) is 9.17. The molecule has 5 rings (SSSR count). The van der Waals surface area contributed by atoms with E-state index in [0.717, 1.165) is 33.3 Å². The number of rotatable bonds is 3. The topological polar surface area (TPSA) is 73.4 Å². The fraction of sp³-hybridized carbons (Fsp3) is 0.143. The number of aryl methyl sites for hydroxylation is 3. The number of aliphatic hydroxyl groups excluding tert-OH is 1. The van der Waals surface area contributed by atoms with Gasteiger partial charge < -0.3 is 10.1 Å². The van der Waals surface area contributed by atoms with Crippen LogP contribution in [0.1, 0.15) is 34.0 Å². The van der Waals surface area contributed by atoms with Crippen LogP contribution in [0.25, 0.3) is 16.7 Å². The predicted octanol–water partition coefficient (Wildman–Crippen LogP) is 6.37. The predicted molar refractivity (Wildman–Crippen MR) is 135 cm³/mol. The maximum absolute atomic E-state index is 13.5. The van der Waals surface area contributed by atoms with Gasteiger partial charge in [-0.2, -0.15) is 0 Å². The summed E-state index contributed by atoms with van der Waals surface area (Å²) >= 11 is 6.03. The van der Waals surface area contributed by atoms with Gasteiger partial charge in [0, 0.05) is 38.4 Å². The van der Waals surface area contributed by atoms with E-state index in [1.54, 1.807) is 24.3 Å². The Morgan fingerprint density at radius 2 is 1.59 bits per heavy atom. The Hall–Kier alpha value is -3.83. The lowest BCUT2D eigenvalue weighted by Gasteiger charge is -2.26. The molecule has 0 bridgehead atoms. The Morgan fingerprint density at radius 3 is 2.26 bits per heavy atom. The summed E-state index contributed by atoms with van der Waals surface area (Å²) in [5, 5.41) is 12.7. The molecule has 1 unspecified atom stereocenters. The molecule has 4 aromatic rings. The Kier molecular flexibility index (Phi) is 5.29. The van der Waals surface area contributed by atoms with Gasteiger partial charge in [0.1, 0.15) is 5.76 Å². The van der Waals surface area contributed by atoms with E-state index in [0.29, 0.717) is 16.3 Å². The summed E-state index contributed by atoms with van der Waals surface area (Å²) in [6.07, 6.45) is 0. The zero-order chi connectivity index (χ0) is 24.1. The quantitative estimate of drug-likeness (QED) is 0.207. The lowest BCUT2D eigenvalue weighted by atomic mass is 9.93. The van der Waals surface area contributed by atoms with Gasteiger partial charge in [0.25, 0.3) is 11.7 Å². The van der Waals surface area contributed by atoms with Crippen LogP contribution in [0.5, 0.6) is 0 Å². The monoisotopic (exact) mass is 470 g/mol. The fourth-order valence-electron chi connectivity index (χ4n) is 4.88. The number of nitrogens with zero attached hydrogens (tertiary/aromatic N) is 1. The maximum Gasteiger partial charge on any atom is 0.300 e. The SMILES string of the molecule is Cc1cc(C)cc(N2C(=O)C(=O)/C(=C(/O)c3ccc(Cl)cc3)C2c2c(C)[nH]c3ccccc23)c1. The lowest BCUT2D eigenvalue weighted by Crippen LogP contribution is -2.29. The van der Waals surface area contributed by atoms with E-state index in [2.05, 4.69) is 4.98 Å². The molecule has 5 nitrogen and oxygen atoms in total. The number of para-hydroxylation sites is 1. The van der Waals surface area contributed by atoms with Gasteiger partial charge in [0.15, 0.2) is 0 Å². The summed E-state index contributed by atoms with van der Waals surface area (Å²) in [6, 6.07) is 19.3. The van der Waals surface area contributed by atoms with Gasteiger partial charge in [-0.1, -0.05) is 35.9 Å². The number of aromatic nitrogens is 1. The third-order valence-corrected chi connectivity index (χ3v) is 6.52. The first-order valence-electron chi connectivity index (χ1n) is 11.0. The summed E-state index contributed by atoms with van der Waals surface area (Å²) in [6.45, 7) is 5.82. The molecule has 1 fully saturated rings. The van der Waals surface area contributed by atoms with Crippen molar-refractivity contribution >= 4 is 45.6 Å². The van der Waals surface area contributed by atoms with Crippen LogP contribution in [-0.2, 0) is 9.59 Å². The van der Waals surface area contributed by atoms with E-state index in [4.69, 9.17) is 11.6 Å². The minimum Gasteiger partial charge on any atom is -0.507 e. The number of H-pyrrole nitrogens is 1. The number of amides is 1. The highest BCUT2D eigenvalue weighted by Crippen LogP contribution is 2.45. The summed E-state index contributed by atoms with van der Waals surface area (Å²) in [5.41, 5.74) is 5.54. The molecule has 1 saturated heterocycles. The minimum atomic E-state index is -0.798. The molecule has 1 atom stereocenters. The Labute approximate surface area is 202 Å². The number of hydrogen-bond acceptors (Lipinski definition) is 3. The van der Waals surface area contributed by atoms with Gasteiger partial charge in [-0.25, -0.2) is 0 Å². The minimum absolute atomic E-state index is 0.0549. The number of carbonyl (C=O) groups excluding carboxylic acids is 2. The van der Waals surface area contributed by atoms with Crippen LogP contribution in [0.15, 0.2) is 72.3 Å². The third kappa shape index (κ3) is 3.49. The number of ketones is 1. The molecule has 170 valence electrons. The highest BCUT2D eigenvalue weighted by molar-refractivity contribution is 6.52. The van der Waals surface area contributed by atoms with E-state index in [9.17, 15) is 14.7 Å². The lowest BCUT2D eigenvalue weighted by molar-refractivity contribution is -0.132. The summed E-state index contributed by atoms with van der Waals surface area (Å²) in [4.78, 5) is 31.8. The van der Waals surface area contributed by atoms with Gasteiger partial charge >= 0.3 is 0 Å². The fourth-order valence-corrected chi connectivity index (χ4v) is 5.00. The molecule has 0 aliphatic carbocycles. The average molecular weight is 471 g/mol. The van der Waals surface area contributed by atoms with Crippen molar-refractivity contribution in [1.82, 2.24) is 4.98 Å². The molecule has 3 aromatic carbocycles. The zero-order valence-corrected chi connectivity index (χ0v) is 19.8. The van der Waals surface area contributed by atoms with Crippen molar-refractivity contribution in [2.45, 2.75) is 26.8 Å². The van der Waals surface area contributed by atoms with Crippen LogP contribution in [-0.4, -0.2) is 21.8 Å². The van der Waals surface area contributed by atoms with Crippen molar-refractivity contribution in [2.75, 3.05) is 4.90 Å². The van der Waals surface area contributed by atoms with Crippen molar-refractivity contribution in [3.8, 4) is 0 Å². The smallest absolute Gasteiger partial charge is 0.300 e. The third-order valence-electron chi connectivity index (χ3n) is 6.26. The first-order valence-corrected chi connectivity index (χ1v) is 11.4. The molecule has 6 heteroatoms. The standard InChI is InChI=1S/C28H23ClN2O3/c1-15-12-16(2)14-20(13-15)31-25(23-17(3)30-22-7-5-4-6-21(22)23)24(27(33)28(31)34)26(32)18-8-10-19(29)11-9-18/h4-14,25,30,32H,1-3H3/b26-24+. The molecule has 0 spiro atoms. The second kappa shape index (κ2) is 8.19. The number of nitrogens with one attached hydrogen (secondary N) is 1. The molecule has 2 heterocycles. The zero-order valence-electron chi connectivity index (χ0n) is 19.0. The van der Waals surface area contributed by atoms with E-state index in [1.807, 2.05) is 63.2 Å². The number of anilines is 1. The van der Waals surface area contributed by atoms with Crippen LogP contribution in [0.3, 0.4) is 0 Å². The number of benzene rings is 3. The molecule has 34 heavy (non-hydrogen) atoms. The van der Waals surface area contributed by atoms with Gasteiger partial charge in [0.05, 0.1) is 11.6 Å². The molecule has 0 saturated carbocycles. The first kappa shape index (κ1) is 22.0. The van der Waals surface area contributed by atoms with Gasteiger partial charge in [-0.3, -0.25) is 14.5 Å². The first-order chi connectivity index (χ1) is 16.3. The number of carbonyl (C=O) groups is 2. The van der Waals surface area contributed by atoms with E-state index < -0.39 is 17.7 Å². The van der Waals surface area contributed by atoms with Crippen LogP contribution >= 0.6 is 11.6 Å². The number of halogens is 1. The highest BCUT2D eigenvalue weighted by atomic mass is 35.5. The van der Waals surface area contributed by atoms with Crippen molar-refractivity contribution in [3.05, 3.63) is 105 Å². The average Bonchev–Trinajstić information content (AvgIpc) is 3.25. The molecule has 1 aromatic heterocycles. The molecular weight excluding hydrogens is 448 g/mol. The molecule has 1 amide bonds.